The lowest BCUT2D eigenvalue weighted by Crippen LogP contribution is -2.29. The molecule has 1 aromatic rings. The van der Waals surface area contributed by atoms with E-state index >= 15 is 0 Å². The molecule has 96 valence electrons. The number of anilines is 1. The lowest BCUT2D eigenvalue weighted by atomic mass is 10.3. The summed E-state index contributed by atoms with van der Waals surface area (Å²) < 4.78 is 0. The number of carboxylic acids is 1. The molecule has 0 bridgehead atoms. The van der Waals surface area contributed by atoms with E-state index in [0.29, 0.717) is 18.4 Å². The normalized spacial score (nSPS) is 14.2. The maximum absolute atomic E-state index is 10.9. The number of amides is 1. The van der Waals surface area contributed by atoms with Gasteiger partial charge in [0.25, 0.3) is 5.91 Å². The molecule has 1 aliphatic rings. The number of carbonyl (C=O) groups is 2. The van der Waals surface area contributed by atoms with Gasteiger partial charge in [0.2, 0.25) is 0 Å². The first-order valence-corrected chi connectivity index (χ1v) is 5.70. The number of nitrogens with zero attached hydrogens (tertiary/aromatic N) is 3. The second-order valence-corrected chi connectivity index (χ2v) is 4.21. The lowest BCUT2D eigenvalue weighted by Gasteiger charge is -2.21. The van der Waals surface area contributed by atoms with E-state index in [2.05, 4.69) is 10.2 Å². The van der Waals surface area contributed by atoms with Gasteiger partial charge in [-0.2, -0.15) is 0 Å². The zero-order valence-corrected chi connectivity index (χ0v) is 9.74. The SMILES string of the molecule is NC(=O)c1ccc(N(CCC(=O)O)C2CC2)nn1. The largest absolute Gasteiger partial charge is 0.481 e. The maximum Gasteiger partial charge on any atom is 0.305 e. The van der Waals surface area contributed by atoms with Crippen LogP contribution in [0, 0.1) is 0 Å². The molecular formula is C11H14N4O3. The Bertz CT molecular complexity index is 456. The number of carbonyl (C=O) groups excluding carboxylic acids is 1. The Morgan fingerprint density at radius 3 is 2.56 bits per heavy atom. The van der Waals surface area contributed by atoms with Gasteiger partial charge >= 0.3 is 5.97 Å². The molecule has 7 heteroatoms. The zero-order chi connectivity index (χ0) is 13.1. The van der Waals surface area contributed by atoms with E-state index in [1.165, 1.54) is 6.07 Å². The van der Waals surface area contributed by atoms with Gasteiger partial charge in [-0.3, -0.25) is 9.59 Å². The second-order valence-electron chi connectivity index (χ2n) is 4.21. The number of primary amides is 1. The van der Waals surface area contributed by atoms with Gasteiger partial charge in [0.15, 0.2) is 11.5 Å². The summed E-state index contributed by atoms with van der Waals surface area (Å²) in [5.41, 5.74) is 5.18. The van der Waals surface area contributed by atoms with Crippen LogP contribution < -0.4 is 10.6 Å². The predicted molar refractivity (Wildman–Crippen MR) is 63.2 cm³/mol. The Hall–Kier alpha value is -2.18. The summed E-state index contributed by atoms with van der Waals surface area (Å²) in [6.07, 6.45) is 2.10. The second kappa shape index (κ2) is 4.99. The predicted octanol–water partition coefficient (Wildman–Crippen LogP) is 0.0190. The van der Waals surface area contributed by atoms with Gasteiger partial charge in [0.1, 0.15) is 0 Å². The van der Waals surface area contributed by atoms with E-state index in [9.17, 15) is 9.59 Å². The van der Waals surface area contributed by atoms with Crippen molar-refractivity contribution in [3.05, 3.63) is 17.8 Å². The van der Waals surface area contributed by atoms with Crippen LogP contribution in [0.5, 0.6) is 0 Å². The molecule has 0 saturated heterocycles. The first kappa shape index (κ1) is 12.3. The van der Waals surface area contributed by atoms with Crippen LogP contribution >= 0.6 is 0 Å². The maximum atomic E-state index is 10.9. The minimum absolute atomic E-state index is 0.0513. The molecule has 1 aromatic heterocycles. The van der Waals surface area contributed by atoms with Crippen LogP contribution in [0.25, 0.3) is 0 Å². The third-order valence-electron chi connectivity index (χ3n) is 2.75. The van der Waals surface area contributed by atoms with Gasteiger partial charge in [-0.25, -0.2) is 0 Å². The van der Waals surface area contributed by atoms with Gasteiger partial charge in [-0.05, 0) is 25.0 Å². The molecule has 3 N–H and O–H groups in total. The number of carboxylic acid groups (broad SMARTS) is 1. The van der Waals surface area contributed by atoms with Crippen molar-refractivity contribution in [1.82, 2.24) is 10.2 Å². The number of nitrogens with two attached hydrogens (primary N) is 1. The molecular weight excluding hydrogens is 236 g/mol. The van der Waals surface area contributed by atoms with Crippen molar-refractivity contribution in [2.45, 2.75) is 25.3 Å². The smallest absolute Gasteiger partial charge is 0.305 e. The molecule has 0 aliphatic heterocycles. The summed E-state index contributed by atoms with van der Waals surface area (Å²) in [5, 5.41) is 16.3. The third-order valence-corrected chi connectivity index (χ3v) is 2.75. The molecule has 7 nitrogen and oxygen atoms in total. The van der Waals surface area contributed by atoms with E-state index in [4.69, 9.17) is 10.8 Å². The lowest BCUT2D eigenvalue weighted by molar-refractivity contribution is -0.136. The molecule has 1 aliphatic carbocycles. The molecule has 2 rings (SSSR count). The van der Waals surface area contributed by atoms with Crippen LogP contribution in [0.3, 0.4) is 0 Å². The molecule has 1 fully saturated rings. The average Bonchev–Trinajstić information content (AvgIpc) is 3.14. The first-order chi connectivity index (χ1) is 8.58. The minimum Gasteiger partial charge on any atom is -0.481 e. The van der Waals surface area contributed by atoms with Gasteiger partial charge in [-0.1, -0.05) is 0 Å². The Morgan fingerprint density at radius 2 is 2.11 bits per heavy atom. The molecule has 1 heterocycles. The van der Waals surface area contributed by atoms with Gasteiger partial charge < -0.3 is 15.7 Å². The van der Waals surface area contributed by atoms with E-state index in [-0.39, 0.29) is 12.1 Å². The van der Waals surface area contributed by atoms with Crippen molar-refractivity contribution in [3.8, 4) is 0 Å². The Labute approximate surface area is 104 Å². The van der Waals surface area contributed by atoms with E-state index < -0.39 is 11.9 Å². The number of hydrogen-bond donors (Lipinski definition) is 2. The van der Waals surface area contributed by atoms with Crippen LogP contribution in [-0.4, -0.2) is 39.8 Å². The Kier molecular flexibility index (Phi) is 3.40. The van der Waals surface area contributed by atoms with Crippen LogP contribution in [0.4, 0.5) is 5.82 Å². The van der Waals surface area contributed by atoms with Crippen molar-refractivity contribution in [2.24, 2.45) is 5.73 Å². The van der Waals surface area contributed by atoms with Gasteiger partial charge in [-0.15, -0.1) is 10.2 Å². The monoisotopic (exact) mass is 250 g/mol. The molecule has 0 aromatic carbocycles. The number of rotatable bonds is 6. The van der Waals surface area contributed by atoms with Crippen molar-refractivity contribution in [2.75, 3.05) is 11.4 Å². The number of hydrogen-bond acceptors (Lipinski definition) is 5. The van der Waals surface area contributed by atoms with Crippen molar-refractivity contribution in [1.29, 1.82) is 0 Å². The summed E-state index contributed by atoms with van der Waals surface area (Å²) in [7, 11) is 0. The Morgan fingerprint density at radius 1 is 1.39 bits per heavy atom. The summed E-state index contributed by atoms with van der Waals surface area (Å²) >= 11 is 0. The molecule has 0 atom stereocenters. The summed E-state index contributed by atoms with van der Waals surface area (Å²) in [6, 6.07) is 3.48. The van der Waals surface area contributed by atoms with E-state index in [1.807, 2.05) is 4.90 Å². The highest BCUT2D eigenvalue weighted by Crippen LogP contribution is 2.30. The fourth-order valence-corrected chi connectivity index (χ4v) is 1.70. The standard InChI is InChI=1S/C11H14N4O3/c12-11(18)8-3-4-9(14-13-8)15(7-1-2-7)6-5-10(16)17/h3-4,7H,1-2,5-6H2,(H2,12,18)(H,16,17). The number of aromatic nitrogens is 2. The molecule has 18 heavy (non-hydrogen) atoms. The molecule has 1 amide bonds. The quantitative estimate of drug-likeness (QED) is 0.736. The molecule has 0 unspecified atom stereocenters. The third kappa shape index (κ3) is 2.93. The highest BCUT2D eigenvalue weighted by atomic mass is 16.4. The molecule has 0 spiro atoms. The van der Waals surface area contributed by atoms with Crippen molar-refractivity contribution < 1.29 is 14.7 Å². The average molecular weight is 250 g/mol. The highest BCUT2D eigenvalue weighted by molar-refractivity contribution is 5.90. The fourth-order valence-electron chi connectivity index (χ4n) is 1.70. The van der Waals surface area contributed by atoms with Crippen LogP contribution in [0.15, 0.2) is 12.1 Å². The van der Waals surface area contributed by atoms with Crippen LogP contribution in [-0.2, 0) is 4.79 Å². The van der Waals surface area contributed by atoms with Gasteiger partial charge in [0.05, 0.1) is 6.42 Å². The van der Waals surface area contributed by atoms with E-state index in [1.54, 1.807) is 6.07 Å². The van der Waals surface area contributed by atoms with Crippen molar-refractivity contribution >= 4 is 17.7 Å². The topological polar surface area (TPSA) is 109 Å². The first-order valence-electron chi connectivity index (χ1n) is 5.70. The zero-order valence-electron chi connectivity index (χ0n) is 9.74. The minimum atomic E-state index is -0.845. The number of aliphatic carboxylic acids is 1. The summed E-state index contributed by atoms with van der Waals surface area (Å²) in [6.45, 7) is 0.393. The Balaban J connectivity index is 2.10. The highest BCUT2D eigenvalue weighted by Gasteiger charge is 2.30. The van der Waals surface area contributed by atoms with Gasteiger partial charge in [0, 0.05) is 12.6 Å². The van der Waals surface area contributed by atoms with E-state index in [0.717, 1.165) is 12.8 Å². The van der Waals surface area contributed by atoms with Crippen LogP contribution in [0.2, 0.25) is 0 Å². The fraction of sp³-hybridized carbons (Fsp3) is 0.455. The van der Waals surface area contributed by atoms with Crippen molar-refractivity contribution in [3.63, 3.8) is 0 Å². The molecule has 1 saturated carbocycles. The summed E-state index contributed by atoms with van der Waals surface area (Å²) in [5.74, 6) is -0.885. The van der Waals surface area contributed by atoms with Crippen LogP contribution in [0.1, 0.15) is 29.8 Å². The summed E-state index contributed by atoms with van der Waals surface area (Å²) in [4.78, 5) is 23.4. The molecule has 0 radical (unpaired) electrons.